The topological polar surface area (TPSA) is 29.5 Å². The van der Waals surface area contributed by atoms with E-state index in [4.69, 9.17) is 4.74 Å². The molecule has 2 heteroatoms. The second-order valence-corrected chi connectivity index (χ2v) is 4.24. The van der Waals surface area contributed by atoms with Crippen LogP contribution in [0.25, 0.3) is 0 Å². The summed E-state index contributed by atoms with van der Waals surface area (Å²) in [5, 5.41) is 9.55. The summed E-state index contributed by atoms with van der Waals surface area (Å²) < 4.78 is 5.82. The minimum absolute atomic E-state index is 0.0793. The molecule has 1 saturated heterocycles. The fraction of sp³-hybridized carbons (Fsp3) is 1.00. The Morgan fingerprint density at radius 2 is 2.00 bits per heavy atom. The zero-order valence-electron chi connectivity index (χ0n) is 7.59. The molecule has 1 spiro atoms. The molecule has 0 radical (unpaired) electrons. The molecule has 2 fully saturated rings. The van der Waals surface area contributed by atoms with Crippen LogP contribution in [0.4, 0.5) is 0 Å². The van der Waals surface area contributed by atoms with E-state index in [0.29, 0.717) is 0 Å². The largest absolute Gasteiger partial charge is 0.393 e. The number of hydrogen-bond donors (Lipinski definition) is 1. The van der Waals surface area contributed by atoms with E-state index in [9.17, 15) is 5.11 Å². The summed E-state index contributed by atoms with van der Waals surface area (Å²) in [7, 11) is 0. The summed E-state index contributed by atoms with van der Waals surface area (Å²) in [5.41, 5.74) is 0.0793. The summed E-state index contributed by atoms with van der Waals surface area (Å²) in [6.45, 7) is 0.909. The molecule has 1 heterocycles. The maximum atomic E-state index is 9.55. The first-order chi connectivity index (χ1) is 5.81. The molecule has 70 valence electrons. The van der Waals surface area contributed by atoms with Crippen LogP contribution in [-0.2, 0) is 4.74 Å². The Kier molecular flexibility index (Phi) is 2.37. The van der Waals surface area contributed by atoms with Crippen LogP contribution in [0, 0.1) is 0 Å². The van der Waals surface area contributed by atoms with Crippen LogP contribution in [0.3, 0.4) is 0 Å². The van der Waals surface area contributed by atoms with E-state index < -0.39 is 0 Å². The highest BCUT2D eigenvalue weighted by atomic mass is 16.5. The van der Waals surface area contributed by atoms with Gasteiger partial charge in [-0.15, -0.1) is 0 Å². The highest BCUT2D eigenvalue weighted by Gasteiger charge is 2.37. The quantitative estimate of drug-likeness (QED) is 0.601. The van der Waals surface area contributed by atoms with Crippen LogP contribution in [0.1, 0.15) is 44.9 Å². The normalized spacial score (nSPS) is 43.2. The lowest BCUT2D eigenvalue weighted by Crippen LogP contribution is -2.42. The molecule has 1 aliphatic heterocycles. The van der Waals surface area contributed by atoms with Crippen molar-refractivity contribution in [1.29, 1.82) is 0 Å². The van der Waals surface area contributed by atoms with Gasteiger partial charge < -0.3 is 9.84 Å². The maximum Gasteiger partial charge on any atom is 0.0707 e. The Balaban J connectivity index is 1.97. The first-order valence-electron chi connectivity index (χ1n) is 5.13. The fourth-order valence-corrected chi connectivity index (χ4v) is 2.56. The minimum Gasteiger partial charge on any atom is -0.393 e. The lowest BCUT2D eigenvalue weighted by molar-refractivity contribution is -0.123. The Morgan fingerprint density at radius 1 is 1.17 bits per heavy atom. The predicted molar refractivity (Wildman–Crippen MR) is 47.0 cm³/mol. The average Bonchev–Trinajstić information content (AvgIpc) is 2.05. The van der Waals surface area contributed by atoms with Gasteiger partial charge in [-0.25, -0.2) is 0 Å². The Labute approximate surface area is 73.9 Å². The van der Waals surface area contributed by atoms with Crippen molar-refractivity contribution in [2.24, 2.45) is 0 Å². The van der Waals surface area contributed by atoms with Gasteiger partial charge in [0.15, 0.2) is 0 Å². The smallest absolute Gasteiger partial charge is 0.0707 e. The molecule has 1 saturated carbocycles. The van der Waals surface area contributed by atoms with Crippen LogP contribution in [0.2, 0.25) is 0 Å². The van der Waals surface area contributed by atoms with Gasteiger partial charge in [0, 0.05) is 13.0 Å². The molecule has 2 atom stereocenters. The average molecular weight is 170 g/mol. The number of aliphatic hydroxyl groups excluding tert-OH is 1. The molecule has 2 aliphatic rings. The second kappa shape index (κ2) is 3.35. The minimum atomic E-state index is -0.100. The van der Waals surface area contributed by atoms with Gasteiger partial charge in [-0.05, 0) is 38.5 Å². The first kappa shape index (κ1) is 8.52. The van der Waals surface area contributed by atoms with E-state index in [0.717, 1.165) is 25.9 Å². The van der Waals surface area contributed by atoms with Crippen molar-refractivity contribution < 1.29 is 9.84 Å². The van der Waals surface area contributed by atoms with Crippen molar-refractivity contribution in [1.82, 2.24) is 0 Å². The van der Waals surface area contributed by atoms with E-state index in [1.54, 1.807) is 0 Å². The molecule has 2 unspecified atom stereocenters. The molecular formula is C10H18O2. The van der Waals surface area contributed by atoms with Gasteiger partial charge >= 0.3 is 0 Å². The summed E-state index contributed by atoms with van der Waals surface area (Å²) in [5.74, 6) is 0. The highest BCUT2D eigenvalue weighted by molar-refractivity contribution is 4.89. The second-order valence-electron chi connectivity index (χ2n) is 4.24. The SMILES string of the molecule is OC1CCCC2(CCCCO2)C1. The van der Waals surface area contributed by atoms with Crippen molar-refractivity contribution in [3.05, 3.63) is 0 Å². The third-order valence-electron chi connectivity index (χ3n) is 3.21. The van der Waals surface area contributed by atoms with Crippen LogP contribution in [-0.4, -0.2) is 23.4 Å². The van der Waals surface area contributed by atoms with Gasteiger partial charge in [0.1, 0.15) is 0 Å². The van der Waals surface area contributed by atoms with Gasteiger partial charge in [0.05, 0.1) is 11.7 Å². The van der Waals surface area contributed by atoms with Gasteiger partial charge in [0.25, 0.3) is 0 Å². The Morgan fingerprint density at radius 3 is 2.67 bits per heavy atom. The Hall–Kier alpha value is -0.0800. The fourth-order valence-electron chi connectivity index (χ4n) is 2.56. The molecule has 0 aromatic rings. The molecule has 1 aliphatic carbocycles. The molecule has 0 amide bonds. The number of aliphatic hydroxyl groups is 1. The summed E-state index contributed by atoms with van der Waals surface area (Å²) in [4.78, 5) is 0. The summed E-state index contributed by atoms with van der Waals surface area (Å²) >= 11 is 0. The molecule has 0 aromatic heterocycles. The summed E-state index contributed by atoms with van der Waals surface area (Å²) in [6.07, 6.45) is 7.73. The van der Waals surface area contributed by atoms with Crippen LogP contribution in [0.5, 0.6) is 0 Å². The van der Waals surface area contributed by atoms with Gasteiger partial charge in [0.2, 0.25) is 0 Å². The molecule has 2 rings (SSSR count). The third kappa shape index (κ3) is 1.64. The van der Waals surface area contributed by atoms with Crippen LogP contribution >= 0.6 is 0 Å². The van der Waals surface area contributed by atoms with E-state index in [1.807, 2.05) is 0 Å². The summed E-state index contributed by atoms with van der Waals surface area (Å²) in [6, 6.07) is 0. The molecule has 12 heavy (non-hydrogen) atoms. The monoisotopic (exact) mass is 170 g/mol. The van der Waals surface area contributed by atoms with Crippen molar-refractivity contribution in [2.75, 3.05) is 6.61 Å². The van der Waals surface area contributed by atoms with Crippen molar-refractivity contribution in [3.8, 4) is 0 Å². The zero-order chi connectivity index (χ0) is 8.44. The van der Waals surface area contributed by atoms with Gasteiger partial charge in [-0.3, -0.25) is 0 Å². The van der Waals surface area contributed by atoms with E-state index in [-0.39, 0.29) is 11.7 Å². The van der Waals surface area contributed by atoms with Crippen molar-refractivity contribution >= 4 is 0 Å². The molecule has 0 aromatic carbocycles. The maximum absolute atomic E-state index is 9.55. The number of ether oxygens (including phenoxy) is 1. The van der Waals surface area contributed by atoms with E-state index >= 15 is 0 Å². The van der Waals surface area contributed by atoms with E-state index in [1.165, 1.54) is 25.7 Å². The molecule has 1 N–H and O–H groups in total. The number of rotatable bonds is 0. The molecular weight excluding hydrogens is 152 g/mol. The van der Waals surface area contributed by atoms with Crippen LogP contribution < -0.4 is 0 Å². The zero-order valence-corrected chi connectivity index (χ0v) is 7.59. The lowest BCUT2D eigenvalue weighted by Gasteiger charge is -2.42. The third-order valence-corrected chi connectivity index (χ3v) is 3.21. The van der Waals surface area contributed by atoms with Gasteiger partial charge in [-0.1, -0.05) is 0 Å². The standard InChI is InChI=1S/C10H18O2/c11-9-4-3-6-10(8-9)5-1-2-7-12-10/h9,11H,1-8H2. The Bertz CT molecular complexity index is 144. The first-order valence-corrected chi connectivity index (χ1v) is 5.13. The van der Waals surface area contributed by atoms with E-state index in [2.05, 4.69) is 0 Å². The molecule has 0 bridgehead atoms. The van der Waals surface area contributed by atoms with Gasteiger partial charge in [-0.2, -0.15) is 0 Å². The highest BCUT2D eigenvalue weighted by Crippen LogP contribution is 2.38. The van der Waals surface area contributed by atoms with Crippen molar-refractivity contribution in [2.45, 2.75) is 56.7 Å². The van der Waals surface area contributed by atoms with Crippen LogP contribution in [0.15, 0.2) is 0 Å². The lowest BCUT2D eigenvalue weighted by atomic mass is 9.78. The van der Waals surface area contributed by atoms with Crippen molar-refractivity contribution in [3.63, 3.8) is 0 Å². The predicted octanol–water partition coefficient (Wildman–Crippen LogP) is 1.86. The number of hydrogen-bond acceptors (Lipinski definition) is 2. The molecule has 2 nitrogen and oxygen atoms in total.